The third-order valence-electron chi connectivity index (χ3n) is 6.08. The van der Waals surface area contributed by atoms with Gasteiger partial charge in [-0.2, -0.15) is 0 Å². The lowest BCUT2D eigenvalue weighted by atomic mass is 9.98. The first kappa shape index (κ1) is 21.0. The Bertz CT molecular complexity index is 1270. The normalized spacial score (nSPS) is 12.5. The molecule has 0 amide bonds. The smallest absolute Gasteiger partial charge is 0.193 e. The Balaban J connectivity index is 1.88. The summed E-state index contributed by atoms with van der Waals surface area (Å²) < 4.78 is 2.24. The van der Waals surface area contributed by atoms with Crippen molar-refractivity contribution in [2.45, 2.75) is 32.9 Å². The number of benzene rings is 3. The molecule has 31 heavy (non-hydrogen) atoms. The van der Waals surface area contributed by atoms with Crippen molar-refractivity contribution < 1.29 is 9.59 Å². The summed E-state index contributed by atoms with van der Waals surface area (Å²) in [5.41, 5.74) is 4.20. The zero-order chi connectivity index (χ0) is 22.1. The number of nitrogens with zero attached hydrogens (tertiary/aromatic N) is 2. The number of carbonyl (C=O) groups excluding carboxylic acids is 2. The second-order valence-electron chi connectivity index (χ2n) is 8.16. The van der Waals surface area contributed by atoms with Crippen molar-refractivity contribution in [3.8, 4) is 0 Å². The number of hydrogen-bond acceptors (Lipinski definition) is 3. The van der Waals surface area contributed by atoms with Gasteiger partial charge in [0.15, 0.2) is 11.6 Å². The molecule has 0 aliphatic carbocycles. The van der Waals surface area contributed by atoms with Gasteiger partial charge >= 0.3 is 0 Å². The molecule has 4 aromatic rings. The van der Waals surface area contributed by atoms with Gasteiger partial charge in [-0.15, -0.1) is 0 Å². The molecule has 4 heteroatoms. The van der Waals surface area contributed by atoms with Crippen molar-refractivity contribution in [2.75, 3.05) is 14.1 Å². The average molecular weight is 413 g/mol. The summed E-state index contributed by atoms with van der Waals surface area (Å²) in [4.78, 5) is 28.1. The first-order valence-corrected chi connectivity index (χ1v) is 10.8. The first-order chi connectivity index (χ1) is 15.0. The summed E-state index contributed by atoms with van der Waals surface area (Å²) in [6.07, 6.45) is 0.760. The third-order valence-corrected chi connectivity index (χ3v) is 6.08. The minimum absolute atomic E-state index is 0.00536. The predicted octanol–water partition coefficient (Wildman–Crippen LogP) is 5.57. The Labute approximate surface area is 183 Å². The number of hydrogen-bond donors (Lipinski definition) is 0. The minimum atomic E-state index is -0.146. The largest absolute Gasteiger partial charge is 0.341 e. The van der Waals surface area contributed by atoms with Crippen LogP contribution in [0.15, 0.2) is 66.7 Å². The Morgan fingerprint density at radius 2 is 1.39 bits per heavy atom. The zero-order valence-corrected chi connectivity index (χ0v) is 18.6. The van der Waals surface area contributed by atoms with Crippen molar-refractivity contribution in [2.24, 2.45) is 0 Å². The van der Waals surface area contributed by atoms with E-state index in [0.29, 0.717) is 16.7 Å². The number of carbonyl (C=O) groups is 2. The highest BCUT2D eigenvalue weighted by Crippen LogP contribution is 2.31. The monoisotopic (exact) mass is 412 g/mol. The Morgan fingerprint density at radius 1 is 0.806 bits per heavy atom. The van der Waals surface area contributed by atoms with Crippen molar-refractivity contribution in [3.05, 3.63) is 83.4 Å². The van der Waals surface area contributed by atoms with Gasteiger partial charge < -0.3 is 4.57 Å². The lowest BCUT2D eigenvalue weighted by molar-refractivity contribution is 0.0871. The van der Waals surface area contributed by atoms with E-state index in [1.165, 1.54) is 0 Å². The highest BCUT2D eigenvalue weighted by Gasteiger charge is 2.22. The van der Waals surface area contributed by atoms with Gasteiger partial charge in [0.25, 0.3) is 0 Å². The van der Waals surface area contributed by atoms with Gasteiger partial charge in [-0.25, -0.2) is 0 Å². The van der Waals surface area contributed by atoms with E-state index < -0.39 is 0 Å². The maximum Gasteiger partial charge on any atom is 0.193 e. The maximum absolute atomic E-state index is 13.1. The van der Waals surface area contributed by atoms with E-state index in [1.54, 1.807) is 0 Å². The summed E-state index contributed by atoms with van der Waals surface area (Å²) in [5, 5.41) is 2.02. The molecule has 1 atom stereocenters. The molecular formula is C27H28N2O2. The topological polar surface area (TPSA) is 42.3 Å². The molecule has 0 bridgehead atoms. The van der Waals surface area contributed by atoms with Crippen LogP contribution < -0.4 is 0 Å². The molecule has 0 fully saturated rings. The van der Waals surface area contributed by atoms with Crippen LogP contribution in [0.1, 0.15) is 46.5 Å². The van der Waals surface area contributed by atoms with Gasteiger partial charge in [0.05, 0.1) is 6.04 Å². The number of ketones is 2. The van der Waals surface area contributed by atoms with Crippen molar-refractivity contribution in [1.29, 1.82) is 0 Å². The van der Waals surface area contributed by atoms with E-state index in [2.05, 4.69) is 11.5 Å². The van der Waals surface area contributed by atoms with Crippen LogP contribution in [-0.4, -0.2) is 41.2 Å². The van der Waals surface area contributed by atoms with Gasteiger partial charge in [-0.1, -0.05) is 37.3 Å². The molecule has 0 N–H and O–H groups in total. The van der Waals surface area contributed by atoms with E-state index in [0.717, 1.165) is 34.8 Å². The van der Waals surface area contributed by atoms with E-state index in [-0.39, 0.29) is 17.6 Å². The summed E-state index contributed by atoms with van der Waals surface area (Å²) in [7, 11) is 3.88. The van der Waals surface area contributed by atoms with Crippen LogP contribution >= 0.6 is 0 Å². The Hall–Kier alpha value is -3.24. The highest BCUT2D eigenvalue weighted by atomic mass is 16.1. The van der Waals surface area contributed by atoms with Crippen LogP contribution in [0.25, 0.3) is 21.8 Å². The maximum atomic E-state index is 13.1. The van der Waals surface area contributed by atoms with E-state index in [9.17, 15) is 9.59 Å². The fourth-order valence-electron chi connectivity index (χ4n) is 4.47. The summed E-state index contributed by atoms with van der Waals surface area (Å²) in [5.74, 6) is 0.133. The predicted molar refractivity (Wildman–Crippen MR) is 127 cm³/mol. The second kappa shape index (κ2) is 8.48. The number of rotatable bonds is 7. The number of Topliss-reactive ketones (excluding diaryl/α,β-unsaturated/α-hetero) is 1. The van der Waals surface area contributed by atoms with Crippen molar-refractivity contribution >= 4 is 33.4 Å². The molecule has 0 aliphatic rings. The lowest BCUT2D eigenvalue weighted by Crippen LogP contribution is -2.35. The lowest BCUT2D eigenvalue weighted by Gasteiger charge is -2.21. The summed E-state index contributed by atoms with van der Waals surface area (Å²) >= 11 is 0. The van der Waals surface area contributed by atoms with Crippen molar-refractivity contribution in [3.63, 3.8) is 0 Å². The number of aryl methyl sites for hydroxylation is 1. The van der Waals surface area contributed by atoms with E-state index in [4.69, 9.17) is 0 Å². The quantitative estimate of drug-likeness (QED) is 0.373. The first-order valence-electron chi connectivity index (χ1n) is 10.8. The standard InChI is InChI=1S/C27H28N2O2/c1-5-23(28(3)4)27(31)20-13-15-25-22(17-20)21-16-19(12-14-24(21)29(25)6-2)26(30)18-10-8-7-9-11-18/h7-17,23H,5-6H2,1-4H3. The SMILES string of the molecule is CCC(C(=O)c1ccc2c(c1)c1cc(C(=O)c3ccccc3)ccc1n2CC)N(C)C. The molecular weight excluding hydrogens is 384 g/mol. The minimum Gasteiger partial charge on any atom is -0.341 e. The molecule has 0 saturated carbocycles. The van der Waals surface area contributed by atoms with Gasteiger partial charge in [0.1, 0.15) is 0 Å². The third kappa shape index (κ3) is 3.68. The molecule has 0 aliphatic heterocycles. The van der Waals surface area contributed by atoms with Crippen LogP contribution in [0.3, 0.4) is 0 Å². The average Bonchev–Trinajstić information content (AvgIpc) is 3.11. The van der Waals surface area contributed by atoms with Crippen LogP contribution in [0.4, 0.5) is 0 Å². The molecule has 158 valence electrons. The van der Waals surface area contributed by atoms with Gasteiger partial charge in [-0.05, 0) is 63.8 Å². The fourth-order valence-corrected chi connectivity index (χ4v) is 4.47. The molecule has 0 spiro atoms. The summed E-state index contributed by atoms with van der Waals surface area (Å²) in [6, 6.07) is 21.0. The van der Waals surface area contributed by atoms with Gasteiger partial charge in [-0.3, -0.25) is 14.5 Å². The zero-order valence-electron chi connectivity index (χ0n) is 18.6. The summed E-state index contributed by atoms with van der Waals surface area (Å²) in [6.45, 7) is 4.96. The molecule has 0 saturated heterocycles. The van der Waals surface area contributed by atoms with E-state index in [1.807, 2.05) is 92.6 Å². The van der Waals surface area contributed by atoms with Crippen LogP contribution in [-0.2, 0) is 6.54 Å². The van der Waals surface area contributed by atoms with Gasteiger partial charge in [0.2, 0.25) is 0 Å². The molecule has 3 aromatic carbocycles. The molecule has 4 nitrogen and oxygen atoms in total. The van der Waals surface area contributed by atoms with Crippen LogP contribution in [0.2, 0.25) is 0 Å². The van der Waals surface area contributed by atoms with Crippen LogP contribution in [0, 0.1) is 0 Å². The number of aromatic nitrogens is 1. The highest BCUT2D eigenvalue weighted by molar-refractivity contribution is 6.16. The molecule has 1 heterocycles. The van der Waals surface area contributed by atoms with E-state index >= 15 is 0 Å². The Morgan fingerprint density at radius 3 is 1.94 bits per heavy atom. The number of fused-ring (bicyclic) bond motifs is 3. The molecule has 1 aromatic heterocycles. The molecule has 1 unspecified atom stereocenters. The molecule has 0 radical (unpaired) electrons. The fraction of sp³-hybridized carbons (Fsp3) is 0.259. The second-order valence-corrected chi connectivity index (χ2v) is 8.16. The Kier molecular flexibility index (Phi) is 5.75. The van der Waals surface area contributed by atoms with Gasteiger partial charge in [0, 0.05) is 45.0 Å². The van der Waals surface area contributed by atoms with Crippen LogP contribution in [0.5, 0.6) is 0 Å². The molecule has 4 rings (SSSR count). The van der Waals surface area contributed by atoms with Crippen molar-refractivity contribution in [1.82, 2.24) is 9.47 Å². The number of likely N-dealkylation sites (N-methyl/N-ethyl adjacent to an activating group) is 1.